The van der Waals surface area contributed by atoms with Crippen LogP contribution in [0.4, 0.5) is 5.69 Å². The van der Waals surface area contributed by atoms with Crippen LogP contribution >= 0.6 is 24.2 Å². The van der Waals surface area contributed by atoms with Crippen molar-refractivity contribution in [1.82, 2.24) is 0 Å². The molecule has 90 valence electrons. The van der Waals surface area contributed by atoms with E-state index in [1.165, 1.54) is 16.0 Å². The highest BCUT2D eigenvalue weighted by Crippen LogP contribution is 2.33. The van der Waals surface area contributed by atoms with Gasteiger partial charge in [-0.3, -0.25) is 0 Å². The third-order valence-electron chi connectivity index (χ3n) is 2.47. The van der Waals surface area contributed by atoms with Crippen LogP contribution in [0.1, 0.15) is 11.1 Å². The number of hydrogen-bond donors (Lipinski definition) is 1. The number of anilines is 1. The first kappa shape index (κ1) is 13.9. The molecular weight excluding hydrogens is 250 g/mol. The molecule has 0 amide bonds. The number of benzene rings is 2. The molecule has 2 rings (SSSR count). The number of rotatable bonds is 2. The monoisotopic (exact) mass is 265 g/mol. The first-order valence-electron chi connectivity index (χ1n) is 5.26. The summed E-state index contributed by atoms with van der Waals surface area (Å²) in [5.41, 5.74) is 9.36. The number of halogens is 1. The lowest BCUT2D eigenvalue weighted by Gasteiger charge is -2.08. The van der Waals surface area contributed by atoms with Crippen LogP contribution < -0.4 is 5.73 Å². The Kier molecular flexibility index (Phi) is 4.91. The summed E-state index contributed by atoms with van der Waals surface area (Å²) in [7, 11) is 0. The molecule has 0 saturated carbocycles. The molecule has 0 aliphatic rings. The van der Waals surface area contributed by atoms with Crippen LogP contribution in [0, 0.1) is 13.8 Å². The van der Waals surface area contributed by atoms with Crippen LogP contribution in [0.2, 0.25) is 0 Å². The molecule has 0 radical (unpaired) electrons. The maximum atomic E-state index is 5.93. The Morgan fingerprint density at radius 3 is 2.29 bits per heavy atom. The van der Waals surface area contributed by atoms with E-state index in [9.17, 15) is 0 Å². The fourth-order valence-corrected chi connectivity index (χ4v) is 2.53. The van der Waals surface area contributed by atoms with Crippen LogP contribution in [0.3, 0.4) is 0 Å². The quantitative estimate of drug-likeness (QED) is 0.812. The van der Waals surface area contributed by atoms with Crippen molar-refractivity contribution >= 4 is 29.9 Å². The van der Waals surface area contributed by atoms with Gasteiger partial charge in [0.2, 0.25) is 0 Å². The van der Waals surface area contributed by atoms with Crippen molar-refractivity contribution in [2.75, 3.05) is 5.73 Å². The van der Waals surface area contributed by atoms with E-state index in [1.807, 2.05) is 18.2 Å². The van der Waals surface area contributed by atoms with Crippen LogP contribution in [-0.2, 0) is 0 Å². The van der Waals surface area contributed by atoms with Crippen LogP contribution in [-0.4, -0.2) is 0 Å². The first-order chi connectivity index (χ1) is 7.66. The van der Waals surface area contributed by atoms with Crippen LogP contribution in [0.5, 0.6) is 0 Å². The Balaban J connectivity index is 0.00000144. The fourth-order valence-electron chi connectivity index (χ4n) is 1.61. The summed E-state index contributed by atoms with van der Waals surface area (Å²) in [4.78, 5) is 2.39. The van der Waals surface area contributed by atoms with E-state index in [1.54, 1.807) is 11.8 Å². The third-order valence-corrected chi connectivity index (χ3v) is 3.74. The Bertz CT molecular complexity index is 511. The van der Waals surface area contributed by atoms with Crippen molar-refractivity contribution in [3.8, 4) is 0 Å². The van der Waals surface area contributed by atoms with E-state index in [0.717, 1.165) is 10.6 Å². The van der Waals surface area contributed by atoms with Gasteiger partial charge in [0, 0.05) is 15.5 Å². The minimum atomic E-state index is 0. The Hall–Kier alpha value is -1.12. The van der Waals surface area contributed by atoms with Gasteiger partial charge in [-0.2, -0.15) is 0 Å². The number of para-hydroxylation sites is 1. The molecule has 0 bridgehead atoms. The average Bonchev–Trinajstić information content (AvgIpc) is 2.25. The molecule has 0 aromatic heterocycles. The maximum absolute atomic E-state index is 5.93. The van der Waals surface area contributed by atoms with Gasteiger partial charge in [0.1, 0.15) is 0 Å². The van der Waals surface area contributed by atoms with Gasteiger partial charge in [-0.25, -0.2) is 0 Å². The van der Waals surface area contributed by atoms with E-state index in [0.29, 0.717) is 0 Å². The van der Waals surface area contributed by atoms with Gasteiger partial charge in [-0.05, 0) is 37.6 Å². The number of nitrogens with two attached hydrogens (primary N) is 1. The first-order valence-corrected chi connectivity index (χ1v) is 6.08. The van der Waals surface area contributed by atoms with E-state index in [4.69, 9.17) is 5.73 Å². The highest BCUT2D eigenvalue weighted by atomic mass is 35.5. The second kappa shape index (κ2) is 5.99. The molecule has 0 aliphatic heterocycles. The van der Waals surface area contributed by atoms with Crippen molar-refractivity contribution in [3.63, 3.8) is 0 Å². The minimum Gasteiger partial charge on any atom is -0.398 e. The van der Waals surface area contributed by atoms with Crippen molar-refractivity contribution in [3.05, 3.63) is 53.6 Å². The van der Waals surface area contributed by atoms with Gasteiger partial charge in [-0.15, -0.1) is 12.4 Å². The zero-order chi connectivity index (χ0) is 11.5. The summed E-state index contributed by atoms with van der Waals surface area (Å²) < 4.78 is 0. The average molecular weight is 266 g/mol. The van der Waals surface area contributed by atoms with Crippen LogP contribution in [0.15, 0.2) is 52.3 Å². The molecule has 2 N–H and O–H groups in total. The Morgan fingerprint density at radius 1 is 0.941 bits per heavy atom. The molecular formula is C14H16ClNS. The normalized spacial score (nSPS) is 9.76. The highest BCUT2D eigenvalue weighted by Gasteiger charge is 2.03. The molecule has 2 aromatic rings. The molecule has 0 heterocycles. The molecule has 17 heavy (non-hydrogen) atoms. The standard InChI is InChI=1S/C14H15NS.ClH/c1-10-7-8-13(11(2)9-10)16-14-6-4-3-5-12(14)15;/h3-9H,15H2,1-2H3;1H. The predicted octanol–water partition coefficient (Wildman–Crippen LogP) is 4.46. The number of nitrogen functional groups attached to an aromatic ring is 1. The fraction of sp³-hybridized carbons (Fsp3) is 0.143. The summed E-state index contributed by atoms with van der Waals surface area (Å²) >= 11 is 1.72. The van der Waals surface area contributed by atoms with Gasteiger partial charge < -0.3 is 5.73 Å². The molecule has 1 nitrogen and oxygen atoms in total. The summed E-state index contributed by atoms with van der Waals surface area (Å²) in [5.74, 6) is 0. The lowest BCUT2D eigenvalue weighted by atomic mass is 10.2. The van der Waals surface area contributed by atoms with E-state index in [2.05, 4.69) is 38.1 Å². The molecule has 2 aromatic carbocycles. The van der Waals surface area contributed by atoms with E-state index in [-0.39, 0.29) is 12.4 Å². The molecule has 0 spiro atoms. The summed E-state index contributed by atoms with van der Waals surface area (Å²) in [6.45, 7) is 4.24. The van der Waals surface area contributed by atoms with Crippen molar-refractivity contribution in [2.24, 2.45) is 0 Å². The predicted molar refractivity (Wildman–Crippen MR) is 78.1 cm³/mol. The van der Waals surface area contributed by atoms with Crippen molar-refractivity contribution in [1.29, 1.82) is 0 Å². The smallest absolute Gasteiger partial charge is 0.0455 e. The number of hydrogen-bond acceptors (Lipinski definition) is 2. The highest BCUT2D eigenvalue weighted by molar-refractivity contribution is 7.99. The van der Waals surface area contributed by atoms with Gasteiger partial charge in [0.25, 0.3) is 0 Å². The molecule has 0 saturated heterocycles. The van der Waals surface area contributed by atoms with Gasteiger partial charge in [0.05, 0.1) is 0 Å². The number of aryl methyl sites for hydroxylation is 2. The third kappa shape index (κ3) is 3.42. The largest absolute Gasteiger partial charge is 0.398 e. The zero-order valence-electron chi connectivity index (χ0n) is 9.94. The Morgan fingerprint density at radius 2 is 1.65 bits per heavy atom. The summed E-state index contributed by atoms with van der Waals surface area (Å²) in [6, 6.07) is 14.5. The van der Waals surface area contributed by atoms with Gasteiger partial charge in [-0.1, -0.05) is 41.6 Å². The van der Waals surface area contributed by atoms with E-state index < -0.39 is 0 Å². The SMILES string of the molecule is Cc1ccc(Sc2ccccc2N)c(C)c1.Cl. The van der Waals surface area contributed by atoms with Gasteiger partial charge >= 0.3 is 0 Å². The zero-order valence-corrected chi connectivity index (χ0v) is 11.6. The molecule has 0 unspecified atom stereocenters. The molecule has 3 heteroatoms. The lowest BCUT2D eigenvalue weighted by molar-refractivity contribution is 1.26. The van der Waals surface area contributed by atoms with E-state index >= 15 is 0 Å². The van der Waals surface area contributed by atoms with Crippen LogP contribution in [0.25, 0.3) is 0 Å². The maximum Gasteiger partial charge on any atom is 0.0455 e. The Labute approximate surface area is 113 Å². The second-order valence-corrected chi connectivity index (χ2v) is 4.99. The van der Waals surface area contributed by atoms with Crippen molar-refractivity contribution < 1.29 is 0 Å². The summed E-state index contributed by atoms with van der Waals surface area (Å²) in [6.07, 6.45) is 0. The molecule has 0 aliphatic carbocycles. The minimum absolute atomic E-state index is 0. The lowest BCUT2D eigenvalue weighted by Crippen LogP contribution is -1.88. The molecule has 0 atom stereocenters. The molecule has 0 fully saturated rings. The summed E-state index contributed by atoms with van der Waals surface area (Å²) in [5, 5.41) is 0. The van der Waals surface area contributed by atoms with Crippen molar-refractivity contribution in [2.45, 2.75) is 23.6 Å². The topological polar surface area (TPSA) is 26.0 Å². The second-order valence-electron chi connectivity index (χ2n) is 3.91. The van der Waals surface area contributed by atoms with Gasteiger partial charge in [0.15, 0.2) is 0 Å².